The fraction of sp³-hybridized carbons (Fsp3) is 0. The highest BCUT2D eigenvalue weighted by Crippen LogP contribution is 2.33. The molecule has 1 heterocycles. The van der Waals surface area contributed by atoms with Gasteiger partial charge in [0.05, 0.1) is 16.7 Å². The van der Waals surface area contributed by atoms with Crippen LogP contribution in [0.1, 0.15) is 10.4 Å². The first kappa shape index (κ1) is 11.6. The Morgan fingerprint density at radius 3 is 2.89 bits per heavy atom. The summed E-state index contributed by atoms with van der Waals surface area (Å²) in [6.07, 6.45) is 2.60. The third kappa shape index (κ3) is 2.12. The molecule has 0 bridgehead atoms. The molecule has 0 aliphatic rings. The molecule has 0 fully saturated rings. The third-order valence-corrected chi connectivity index (χ3v) is 2.22. The second-order valence-corrected chi connectivity index (χ2v) is 3.37. The van der Waals surface area contributed by atoms with Crippen LogP contribution >= 0.6 is 0 Å². The zero-order valence-electron chi connectivity index (χ0n) is 8.95. The van der Waals surface area contributed by atoms with Gasteiger partial charge in [-0.25, -0.2) is 0 Å². The molecule has 1 aromatic carbocycles. The smallest absolute Gasteiger partial charge is 0.296 e. The van der Waals surface area contributed by atoms with E-state index < -0.39 is 10.8 Å². The first-order valence-corrected chi connectivity index (χ1v) is 4.86. The van der Waals surface area contributed by atoms with Crippen molar-refractivity contribution < 1.29 is 14.8 Å². The first-order chi connectivity index (χ1) is 8.59. The number of H-pyrrole nitrogens is 1. The van der Waals surface area contributed by atoms with Crippen molar-refractivity contribution in [2.24, 2.45) is 0 Å². The van der Waals surface area contributed by atoms with Crippen LogP contribution in [0.25, 0.3) is 0 Å². The van der Waals surface area contributed by atoms with Gasteiger partial charge in [-0.2, -0.15) is 5.10 Å². The molecule has 0 saturated heterocycles. The number of nitrogens with one attached hydrogen (secondary N) is 2. The largest absolute Gasteiger partial charge is 0.505 e. The molecular formula is C10H8N4O4. The molecule has 1 amide bonds. The van der Waals surface area contributed by atoms with Crippen LogP contribution in [-0.4, -0.2) is 26.1 Å². The Bertz CT molecular complexity index is 594. The van der Waals surface area contributed by atoms with Crippen molar-refractivity contribution in [1.82, 2.24) is 10.2 Å². The van der Waals surface area contributed by atoms with E-state index in [1.54, 1.807) is 0 Å². The number of phenolic OH excluding ortho intramolecular Hbond substituents is 1. The van der Waals surface area contributed by atoms with Gasteiger partial charge in [0.1, 0.15) is 5.75 Å². The Kier molecular flexibility index (Phi) is 2.92. The van der Waals surface area contributed by atoms with Crippen molar-refractivity contribution in [2.75, 3.05) is 5.32 Å². The highest BCUT2D eigenvalue weighted by Gasteiger charge is 2.20. The van der Waals surface area contributed by atoms with Gasteiger partial charge in [0, 0.05) is 12.3 Å². The minimum absolute atomic E-state index is 0.201. The van der Waals surface area contributed by atoms with Crippen LogP contribution in [0.3, 0.4) is 0 Å². The van der Waals surface area contributed by atoms with Crippen molar-refractivity contribution in [1.29, 1.82) is 0 Å². The van der Waals surface area contributed by atoms with Gasteiger partial charge in [0.2, 0.25) is 0 Å². The van der Waals surface area contributed by atoms with Crippen molar-refractivity contribution in [3.63, 3.8) is 0 Å². The van der Waals surface area contributed by atoms with E-state index in [2.05, 4.69) is 15.5 Å². The van der Waals surface area contributed by atoms with Gasteiger partial charge in [-0.15, -0.1) is 0 Å². The fourth-order valence-corrected chi connectivity index (χ4v) is 1.37. The molecule has 8 nitrogen and oxygen atoms in total. The Morgan fingerprint density at radius 2 is 2.28 bits per heavy atom. The van der Waals surface area contributed by atoms with Gasteiger partial charge in [-0.3, -0.25) is 20.0 Å². The van der Waals surface area contributed by atoms with E-state index in [1.807, 2.05) is 0 Å². The number of anilines is 1. The predicted molar refractivity (Wildman–Crippen MR) is 61.3 cm³/mol. The lowest BCUT2D eigenvalue weighted by Crippen LogP contribution is -2.12. The summed E-state index contributed by atoms with van der Waals surface area (Å²) in [6.45, 7) is 0. The molecule has 18 heavy (non-hydrogen) atoms. The maximum Gasteiger partial charge on any atom is 0.296 e. The van der Waals surface area contributed by atoms with Crippen molar-refractivity contribution in [2.45, 2.75) is 0 Å². The van der Waals surface area contributed by atoms with Gasteiger partial charge in [0.25, 0.3) is 11.6 Å². The highest BCUT2D eigenvalue weighted by atomic mass is 16.6. The number of aromatic nitrogens is 2. The van der Waals surface area contributed by atoms with Crippen LogP contribution in [-0.2, 0) is 0 Å². The lowest BCUT2D eigenvalue weighted by atomic mass is 10.2. The summed E-state index contributed by atoms with van der Waals surface area (Å²) < 4.78 is 0. The molecule has 92 valence electrons. The summed E-state index contributed by atoms with van der Waals surface area (Å²) in [5, 5.41) is 28.6. The summed E-state index contributed by atoms with van der Waals surface area (Å²) in [5.74, 6) is -0.977. The molecule has 2 rings (SSSR count). The average Bonchev–Trinajstić information content (AvgIpc) is 2.85. The number of benzene rings is 1. The van der Waals surface area contributed by atoms with Gasteiger partial charge in [0.15, 0.2) is 5.69 Å². The molecular weight excluding hydrogens is 240 g/mol. The van der Waals surface area contributed by atoms with Gasteiger partial charge < -0.3 is 10.4 Å². The van der Waals surface area contributed by atoms with E-state index in [-0.39, 0.29) is 22.7 Å². The van der Waals surface area contributed by atoms with E-state index in [0.29, 0.717) is 0 Å². The number of nitro groups is 1. The molecule has 0 atom stereocenters. The van der Waals surface area contributed by atoms with E-state index in [0.717, 1.165) is 0 Å². The normalized spacial score (nSPS) is 10.0. The van der Waals surface area contributed by atoms with Crippen LogP contribution in [0, 0.1) is 10.1 Å². The minimum Gasteiger partial charge on any atom is -0.505 e. The number of rotatable bonds is 3. The van der Waals surface area contributed by atoms with Crippen LogP contribution in [0.4, 0.5) is 11.4 Å². The molecule has 3 N–H and O–H groups in total. The number of nitro benzene ring substituents is 1. The second kappa shape index (κ2) is 4.53. The summed E-state index contributed by atoms with van der Waals surface area (Å²) in [7, 11) is 0. The Morgan fingerprint density at radius 1 is 1.50 bits per heavy atom. The Balaban J connectivity index is 2.34. The lowest BCUT2D eigenvalue weighted by molar-refractivity contribution is -0.384. The number of hydrogen-bond acceptors (Lipinski definition) is 5. The van der Waals surface area contributed by atoms with Gasteiger partial charge >= 0.3 is 0 Å². The van der Waals surface area contributed by atoms with Gasteiger partial charge in [-0.1, -0.05) is 6.07 Å². The zero-order valence-corrected chi connectivity index (χ0v) is 8.95. The Hall–Kier alpha value is -2.90. The number of carbonyl (C=O) groups is 1. The predicted octanol–water partition coefficient (Wildman–Crippen LogP) is 1.28. The standard InChI is InChI=1S/C10H8N4O4/c15-8-3-1-2-7(14(17)18)9(8)13-10(16)6-4-11-12-5-6/h1-5,15H,(H,11,12)(H,13,16). The number of nitrogens with zero attached hydrogens (tertiary/aromatic N) is 2. The van der Waals surface area contributed by atoms with E-state index in [9.17, 15) is 20.0 Å². The van der Waals surface area contributed by atoms with Crippen molar-refractivity contribution in [3.8, 4) is 5.75 Å². The number of para-hydroxylation sites is 1. The SMILES string of the molecule is O=C(Nc1c(O)cccc1[N+](=O)[O-])c1cn[nH]c1. The quantitative estimate of drug-likeness (QED) is 0.429. The lowest BCUT2D eigenvalue weighted by Gasteiger charge is -2.06. The van der Waals surface area contributed by atoms with Crippen LogP contribution in [0.5, 0.6) is 5.75 Å². The molecule has 0 radical (unpaired) electrons. The first-order valence-electron chi connectivity index (χ1n) is 4.86. The number of phenols is 1. The molecule has 0 saturated carbocycles. The molecule has 8 heteroatoms. The number of amides is 1. The molecule has 0 unspecified atom stereocenters. The highest BCUT2D eigenvalue weighted by molar-refractivity contribution is 6.06. The average molecular weight is 248 g/mol. The summed E-state index contributed by atoms with van der Waals surface area (Å²) in [6, 6.07) is 3.75. The second-order valence-electron chi connectivity index (χ2n) is 3.37. The zero-order chi connectivity index (χ0) is 13.1. The molecule has 1 aromatic heterocycles. The van der Waals surface area contributed by atoms with E-state index in [4.69, 9.17) is 0 Å². The van der Waals surface area contributed by atoms with Gasteiger partial charge in [-0.05, 0) is 6.07 Å². The molecule has 0 aliphatic carbocycles. The monoisotopic (exact) mass is 248 g/mol. The van der Waals surface area contributed by atoms with Crippen molar-refractivity contribution >= 4 is 17.3 Å². The molecule has 0 aliphatic heterocycles. The number of aromatic amines is 1. The number of carbonyl (C=O) groups excluding carboxylic acids is 1. The minimum atomic E-state index is -0.690. The maximum absolute atomic E-state index is 11.7. The summed E-state index contributed by atoms with van der Waals surface area (Å²) in [4.78, 5) is 21.8. The van der Waals surface area contributed by atoms with Crippen LogP contribution < -0.4 is 5.32 Å². The topological polar surface area (TPSA) is 121 Å². The van der Waals surface area contributed by atoms with E-state index >= 15 is 0 Å². The number of hydrogen-bond donors (Lipinski definition) is 3. The molecule has 2 aromatic rings. The number of aromatic hydroxyl groups is 1. The van der Waals surface area contributed by atoms with E-state index in [1.165, 1.54) is 30.6 Å². The van der Waals surface area contributed by atoms with Crippen LogP contribution in [0.15, 0.2) is 30.6 Å². The third-order valence-electron chi connectivity index (χ3n) is 2.22. The maximum atomic E-state index is 11.7. The summed E-state index contributed by atoms with van der Waals surface area (Å²) >= 11 is 0. The van der Waals surface area contributed by atoms with Crippen LogP contribution in [0.2, 0.25) is 0 Å². The molecule has 0 spiro atoms. The van der Waals surface area contributed by atoms with Crippen molar-refractivity contribution in [3.05, 3.63) is 46.3 Å². The summed E-state index contributed by atoms with van der Waals surface area (Å²) in [5.41, 5.74) is -0.423. The Labute approximate surface area is 100 Å². The fourth-order valence-electron chi connectivity index (χ4n) is 1.37.